The summed E-state index contributed by atoms with van der Waals surface area (Å²) in [7, 11) is -3.22. The minimum absolute atomic E-state index is 0.0431. The molecule has 0 aromatic heterocycles. The van der Waals surface area contributed by atoms with Crippen molar-refractivity contribution in [2.24, 2.45) is 0 Å². The van der Waals surface area contributed by atoms with Crippen LogP contribution in [0, 0.1) is 6.92 Å². The fourth-order valence-electron chi connectivity index (χ4n) is 2.72. The number of morpholine rings is 1. The van der Waals surface area contributed by atoms with Crippen molar-refractivity contribution in [2.45, 2.75) is 39.5 Å². The summed E-state index contributed by atoms with van der Waals surface area (Å²) in [5, 5.41) is 3.22. The van der Waals surface area contributed by atoms with Crippen LogP contribution in [0.5, 0.6) is 0 Å². The third kappa shape index (κ3) is 4.78. The van der Waals surface area contributed by atoms with Crippen molar-refractivity contribution in [3.63, 3.8) is 0 Å². The van der Waals surface area contributed by atoms with Crippen LogP contribution in [0.1, 0.15) is 25.0 Å². The van der Waals surface area contributed by atoms with Crippen molar-refractivity contribution in [1.29, 1.82) is 0 Å². The molecule has 1 N–H and O–H groups in total. The van der Waals surface area contributed by atoms with Crippen molar-refractivity contribution in [1.82, 2.24) is 9.62 Å². The van der Waals surface area contributed by atoms with Gasteiger partial charge in [-0.2, -0.15) is 4.31 Å². The largest absolute Gasteiger partial charge is 0.373 e. The van der Waals surface area contributed by atoms with Crippen LogP contribution in [-0.2, 0) is 21.3 Å². The van der Waals surface area contributed by atoms with Gasteiger partial charge in [0.25, 0.3) is 0 Å². The van der Waals surface area contributed by atoms with Crippen molar-refractivity contribution in [3.05, 3.63) is 35.4 Å². The highest BCUT2D eigenvalue weighted by Crippen LogP contribution is 2.14. The molecule has 1 aromatic carbocycles. The van der Waals surface area contributed by atoms with Crippen LogP contribution in [0.2, 0.25) is 0 Å². The molecule has 2 atom stereocenters. The fourth-order valence-corrected chi connectivity index (χ4v) is 4.25. The Labute approximate surface area is 133 Å². The molecular weight excluding hydrogens is 300 g/mol. The highest BCUT2D eigenvalue weighted by Gasteiger charge is 2.30. The zero-order valence-electron chi connectivity index (χ0n) is 13.6. The van der Waals surface area contributed by atoms with Gasteiger partial charge in [-0.05, 0) is 31.9 Å². The van der Waals surface area contributed by atoms with E-state index in [0.717, 1.165) is 0 Å². The second-order valence-corrected chi connectivity index (χ2v) is 8.08. The summed E-state index contributed by atoms with van der Waals surface area (Å²) < 4.78 is 31.9. The van der Waals surface area contributed by atoms with Gasteiger partial charge < -0.3 is 10.1 Å². The quantitative estimate of drug-likeness (QED) is 0.806. The van der Waals surface area contributed by atoms with E-state index in [0.29, 0.717) is 26.2 Å². The lowest BCUT2D eigenvalue weighted by atomic mass is 10.1. The highest BCUT2D eigenvalue weighted by molar-refractivity contribution is 7.89. The standard InChI is InChI=1S/C16H26N2O3S/c1-13-6-4-5-7-16(13)10-17-8-9-22(19,20)18-11-14(2)21-15(3)12-18/h4-7,14-15,17H,8-12H2,1-3H3. The van der Waals surface area contributed by atoms with Gasteiger partial charge in [-0.25, -0.2) is 8.42 Å². The minimum Gasteiger partial charge on any atom is -0.373 e. The Hall–Kier alpha value is -0.950. The van der Waals surface area contributed by atoms with Gasteiger partial charge in [0, 0.05) is 26.2 Å². The summed E-state index contributed by atoms with van der Waals surface area (Å²) in [5.74, 6) is 0.123. The molecule has 0 aliphatic carbocycles. The molecule has 1 aliphatic rings. The third-order valence-corrected chi connectivity index (χ3v) is 5.70. The molecule has 5 nitrogen and oxygen atoms in total. The van der Waals surface area contributed by atoms with Crippen LogP contribution in [0.25, 0.3) is 0 Å². The summed E-state index contributed by atoms with van der Waals surface area (Å²) in [5.41, 5.74) is 2.42. The third-order valence-electron chi connectivity index (χ3n) is 3.89. The normalized spacial score (nSPS) is 23.6. The van der Waals surface area contributed by atoms with Crippen LogP contribution in [0.3, 0.4) is 0 Å². The van der Waals surface area contributed by atoms with Gasteiger partial charge >= 0.3 is 0 Å². The first-order valence-electron chi connectivity index (χ1n) is 7.77. The number of nitrogens with zero attached hydrogens (tertiary/aromatic N) is 1. The predicted octanol–water partition coefficient (Wildman–Crippen LogP) is 1.52. The number of nitrogens with one attached hydrogen (secondary N) is 1. The summed E-state index contributed by atoms with van der Waals surface area (Å²) in [6.07, 6.45) is -0.0862. The van der Waals surface area contributed by atoms with Gasteiger partial charge in [-0.3, -0.25) is 0 Å². The predicted molar refractivity (Wildman–Crippen MR) is 88.3 cm³/mol. The SMILES string of the molecule is Cc1ccccc1CNCCS(=O)(=O)N1CC(C)OC(C)C1. The van der Waals surface area contributed by atoms with Crippen LogP contribution in [0.4, 0.5) is 0 Å². The first-order chi connectivity index (χ1) is 10.4. The van der Waals surface area contributed by atoms with Crippen molar-refractivity contribution < 1.29 is 13.2 Å². The van der Waals surface area contributed by atoms with Crippen molar-refractivity contribution in [2.75, 3.05) is 25.4 Å². The molecule has 1 saturated heterocycles. The molecular formula is C16H26N2O3S. The van der Waals surface area contributed by atoms with Crippen molar-refractivity contribution >= 4 is 10.0 Å². The van der Waals surface area contributed by atoms with Gasteiger partial charge in [0.2, 0.25) is 10.0 Å². The Morgan fingerprint density at radius 2 is 1.86 bits per heavy atom. The maximum atomic E-state index is 12.4. The van der Waals surface area contributed by atoms with E-state index < -0.39 is 10.0 Å². The van der Waals surface area contributed by atoms with Crippen molar-refractivity contribution in [3.8, 4) is 0 Å². The molecule has 0 saturated carbocycles. The lowest BCUT2D eigenvalue weighted by molar-refractivity contribution is -0.0440. The van der Waals surface area contributed by atoms with E-state index >= 15 is 0 Å². The van der Waals surface area contributed by atoms with E-state index in [1.165, 1.54) is 11.1 Å². The van der Waals surface area contributed by atoms with Crippen LogP contribution in [0.15, 0.2) is 24.3 Å². The molecule has 0 amide bonds. The molecule has 1 aliphatic heterocycles. The van der Waals surface area contributed by atoms with E-state index in [-0.39, 0.29) is 18.0 Å². The molecule has 2 unspecified atom stereocenters. The number of benzene rings is 1. The topological polar surface area (TPSA) is 58.6 Å². The monoisotopic (exact) mass is 326 g/mol. The number of hydrogen-bond donors (Lipinski definition) is 1. The van der Waals surface area contributed by atoms with Gasteiger partial charge in [0.15, 0.2) is 0 Å². The zero-order valence-corrected chi connectivity index (χ0v) is 14.4. The first kappa shape index (κ1) is 17.4. The molecule has 0 radical (unpaired) electrons. The van der Waals surface area contributed by atoms with Crippen LogP contribution in [-0.4, -0.2) is 50.3 Å². The highest BCUT2D eigenvalue weighted by atomic mass is 32.2. The Balaban J connectivity index is 1.81. The molecule has 1 aromatic rings. The summed E-state index contributed by atoms with van der Waals surface area (Å²) in [4.78, 5) is 0. The van der Waals surface area contributed by atoms with E-state index in [2.05, 4.69) is 24.4 Å². The second kappa shape index (κ2) is 7.55. The zero-order chi connectivity index (χ0) is 16.2. The Morgan fingerprint density at radius 1 is 1.23 bits per heavy atom. The average molecular weight is 326 g/mol. The Morgan fingerprint density at radius 3 is 2.50 bits per heavy atom. The summed E-state index contributed by atoms with van der Waals surface area (Å²) in [6.45, 7) is 7.93. The van der Waals surface area contributed by atoms with E-state index in [9.17, 15) is 8.42 Å². The Bertz CT molecular complexity index is 579. The number of aryl methyl sites for hydroxylation is 1. The molecule has 22 heavy (non-hydrogen) atoms. The van der Waals surface area contributed by atoms with Crippen LogP contribution < -0.4 is 5.32 Å². The van der Waals surface area contributed by atoms with E-state index in [1.807, 2.05) is 26.0 Å². The molecule has 2 rings (SSSR count). The lowest BCUT2D eigenvalue weighted by Gasteiger charge is -2.34. The maximum absolute atomic E-state index is 12.4. The van der Waals surface area contributed by atoms with Gasteiger partial charge in [0.05, 0.1) is 18.0 Å². The summed E-state index contributed by atoms with van der Waals surface area (Å²) >= 11 is 0. The number of rotatable bonds is 6. The molecule has 1 fully saturated rings. The first-order valence-corrected chi connectivity index (χ1v) is 9.38. The molecule has 124 valence electrons. The van der Waals surface area contributed by atoms with Gasteiger partial charge in [0.1, 0.15) is 0 Å². The summed E-state index contributed by atoms with van der Waals surface area (Å²) in [6, 6.07) is 8.12. The second-order valence-electron chi connectivity index (χ2n) is 5.99. The number of sulfonamides is 1. The maximum Gasteiger partial charge on any atom is 0.215 e. The fraction of sp³-hybridized carbons (Fsp3) is 0.625. The van der Waals surface area contributed by atoms with Gasteiger partial charge in [-0.15, -0.1) is 0 Å². The molecule has 0 spiro atoms. The van der Waals surface area contributed by atoms with Crippen LogP contribution >= 0.6 is 0 Å². The number of hydrogen-bond acceptors (Lipinski definition) is 4. The van der Waals surface area contributed by atoms with E-state index in [1.54, 1.807) is 4.31 Å². The lowest BCUT2D eigenvalue weighted by Crippen LogP contribution is -2.49. The molecule has 1 heterocycles. The van der Waals surface area contributed by atoms with E-state index in [4.69, 9.17) is 4.74 Å². The molecule has 0 bridgehead atoms. The van der Waals surface area contributed by atoms with Gasteiger partial charge in [-0.1, -0.05) is 24.3 Å². The minimum atomic E-state index is -3.22. The average Bonchev–Trinajstić information content (AvgIpc) is 2.44. The smallest absolute Gasteiger partial charge is 0.215 e. The number of ether oxygens (including phenoxy) is 1. The molecule has 6 heteroatoms. The Kier molecular flexibility index (Phi) is 5.97.